The summed E-state index contributed by atoms with van der Waals surface area (Å²) in [5.74, 6) is 0.475. The second-order valence-electron chi connectivity index (χ2n) is 2.87. The minimum absolute atomic E-state index is 0.236. The molecule has 0 aliphatic rings. The SMILES string of the molecule is O=P(O)(Oc1ccccc1)OC(Cl)CCCl. The molecule has 1 aromatic carbocycles. The summed E-state index contributed by atoms with van der Waals surface area (Å²) in [5, 5.41) is 0. The van der Waals surface area contributed by atoms with Gasteiger partial charge in [-0.05, 0) is 12.1 Å². The molecule has 0 amide bonds. The first kappa shape index (κ1) is 13.8. The van der Waals surface area contributed by atoms with Crippen LogP contribution in [0, 0.1) is 0 Å². The van der Waals surface area contributed by atoms with Crippen LogP contribution in [0.5, 0.6) is 5.75 Å². The lowest BCUT2D eigenvalue weighted by atomic mass is 10.3. The van der Waals surface area contributed by atoms with Gasteiger partial charge in [0.2, 0.25) is 0 Å². The molecule has 0 bridgehead atoms. The largest absolute Gasteiger partial charge is 0.528 e. The Morgan fingerprint density at radius 2 is 2.00 bits per heavy atom. The highest BCUT2D eigenvalue weighted by Gasteiger charge is 2.26. The third kappa shape index (κ3) is 5.19. The van der Waals surface area contributed by atoms with Gasteiger partial charge in [-0.25, -0.2) is 4.57 Å². The summed E-state index contributed by atoms with van der Waals surface area (Å²) in [5.41, 5.74) is -0.947. The van der Waals surface area contributed by atoms with E-state index in [9.17, 15) is 9.46 Å². The zero-order valence-corrected chi connectivity index (χ0v) is 10.7. The Bertz CT molecular complexity index is 360. The molecule has 1 rings (SSSR count). The third-order valence-corrected chi connectivity index (χ3v) is 3.16. The van der Waals surface area contributed by atoms with Gasteiger partial charge < -0.3 is 4.52 Å². The predicted molar refractivity (Wildman–Crippen MR) is 63.0 cm³/mol. The number of benzene rings is 1. The minimum atomic E-state index is -4.19. The molecule has 16 heavy (non-hydrogen) atoms. The van der Waals surface area contributed by atoms with Gasteiger partial charge in [0.05, 0.1) is 0 Å². The van der Waals surface area contributed by atoms with Gasteiger partial charge in [0.15, 0.2) is 0 Å². The van der Waals surface area contributed by atoms with E-state index >= 15 is 0 Å². The van der Waals surface area contributed by atoms with E-state index in [4.69, 9.17) is 27.7 Å². The van der Waals surface area contributed by atoms with Gasteiger partial charge in [0.1, 0.15) is 11.3 Å². The minimum Gasteiger partial charge on any atom is -0.404 e. The summed E-state index contributed by atoms with van der Waals surface area (Å²) in [6.45, 7) is 0. The number of phosphoric ester groups is 1. The van der Waals surface area contributed by atoms with E-state index in [1.54, 1.807) is 18.2 Å². The van der Waals surface area contributed by atoms with Crippen LogP contribution in [0.4, 0.5) is 0 Å². The van der Waals surface area contributed by atoms with Crippen molar-refractivity contribution in [3.63, 3.8) is 0 Å². The molecule has 0 saturated heterocycles. The van der Waals surface area contributed by atoms with Crippen molar-refractivity contribution in [2.24, 2.45) is 0 Å². The normalized spacial score (nSPS) is 16.4. The number of hydrogen-bond donors (Lipinski definition) is 1. The number of hydrogen-bond acceptors (Lipinski definition) is 3. The summed E-state index contributed by atoms with van der Waals surface area (Å²) in [6.07, 6.45) is 0.256. The Kier molecular flexibility index (Phi) is 5.59. The van der Waals surface area contributed by atoms with Crippen molar-refractivity contribution >= 4 is 31.0 Å². The van der Waals surface area contributed by atoms with Crippen molar-refractivity contribution in [1.82, 2.24) is 0 Å². The second kappa shape index (κ2) is 6.48. The molecule has 0 aromatic heterocycles. The van der Waals surface area contributed by atoms with E-state index in [1.165, 1.54) is 12.1 Å². The fraction of sp³-hybridized carbons (Fsp3) is 0.333. The molecule has 1 N–H and O–H groups in total. The average molecular weight is 285 g/mol. The summed E-state index contributed by atoms with van der Waals surface area (Å²) < 4.78 is 20.9. The summed E-state index contributed by atoms with van der Waals surface area (Å²) in [7, 11) is -4.19. The molecule has 0 aliphatic carbocycles. The van der Waals surface area contributed by atoms with Crippen LogP contribution in [0.1, 0.15) is 6.42 Å². The van der Waals surface area contributed by atoms with E-state index in [0.717, 1.165) is 0 Å². The zero-order valence-electron chi connectivity index (χ0n) is 8.25. The van der Waals surface area contributed by atoms with Gasteiger partial charge in [-0.15, -0.1) is 11.6 Å². The third-order valence-electron chi connectivity index (χ3n) is 1.55. The molecular weight excluding hydrogens is 274 g/mol. The monoisotopic (exact) mass is 284 g/mol. The first-order valence-electron chi connectivity index (χ1n) is 4.49. The molecule has 1 aromatic rings. The van der Waals surface area contributed by atoms with Crippen molar-refractivity contribution in [2.75, 3.05) is 5.88 Å². The van der Waals surface area contributed by atoms with E-state index < -0.39 is 13.4 Å². The predicted octanol–water partition coefficient (Wildman–Crippen LogP) is 3.38. The van der Waals surface area contributed by atoms with Crippen LogP contribution in [-0.4, -0.2) is 16.3 Å². The number of phosphoric acid groups is 1. The molecule has 2 unspecified atom stereocenters. The number of alkyl halides is 2. The molecule has 90 valence electrons. The lowest BCUT2D eigenvalue weighted by molar-refractivity contribution is 0.182. The molecule has 0 radical (unpaired) electrons. The second-order valence-corrected chi connectivity index (χ2v) is 5.06. The highest BCUT2D eigenvalue weighted by molar-refractivity contribution is 7.47. The maximum atomic E-state index is 11.5. The van der Waals surface area contributed by atoms with E-state index in [-0.39, 0.29) is 18.1 Å². The van der Waals surface area contributed by atoms with Crippen molar-refractivity contribution in [2.45, 2.75) is 12.0 Å². The smallest absolute Gasteiger partial charge is 0.404 e. The van der Waals surface area contributed by atoms with Crippen LogP contribution < -0.4 is 4.52 Å². The molecule has 7 heteroatoms. The maximum Gasteiger partial charge on any atom is 0.528 e. The molecular formula is C9H11Cl2O4P. The lowest BCUT2D eigenvalue weighted by Gasteiger charge is -2.15. The Labute approximate surface area is 104 Å². The van der Waals surface area contributed by atoms with Gasteiger partial charge in [0, 0.05) is 12.3 Å². The lowest BCUT2D eigenvalue weighted by Crippen LogP contribution is -2.07. The van der Waals surface area contributed by atoms with Crippen LogP contribution >= 0.6 is 31.0 Å². The van der Waals surface area contributed by atoms with Crippen molar-refractivity contribution in [1.29, 1.82) is 0 Å². The van der Waals surface area contributed by atoms with Gasteiger partial charge >= 0.3 is 7.82 Å². The molecule has 0 fully saturated rings. The van der Waals surface area contributed by atoms with Crippen LogP contribution in [-0.2, 0) is 9.09 Å². The zero-order chi connectivity index (χ0) is 12.0. The number of rotatable bonds is 6. The topological polar surface area (TPSA) is 55.8 Å². The molecule has 0 heterocycles. The van der Waals surface area contributed by atoms with Crippen LogP contribution in [0.2, 0.25) is 0 Å². The van der Waals surface area contributed by atoms with Crippen LogP contribution in [0.15, 0.2) is 30.3 Å². The highest BCUT2D eigenvalue weighted by atomic mass is 35.5. The highest BCUT2D eigenvalue weighted by Crippen LogP contribution is 2.45. The molecule has 0 saturated carbocycles. The van der Waals surface area contributed by atoms with Gasteiger partial charge in [-0.1, -0.05) is 29.8 Å². The molecule has 0 aliphatic heterocycles. The van der Waals surface area contributed by atoms with Crippen LogP contribution in [0.25, 0.3) is 0 Å². The molecule has 2 atom stereocenters. The van der Waals surface area contributed by atoms with Gasteiger partial charge in [-0.2, -0.15) is 0 Å². The van der Waals surface area contributed by atoms with Crippen molar-refractivity contribution in [3.8, 4) is 5.75 Å². The average Bonchev–Trinajstić information content (AvgIpc) is 2.17. The van der Waals surface area contributed by atoms with Crippen LogP contribution in [0.3, 0.4) is 0 Å². The van der Waals surface area contributed by atoms with Gasteiger partial charge in [-0.3, -0.25) is 9.42 Å². The van der Waals surface area contributed by atoms with Gasteiger partial charge in [0.25, 0.3) is 0 Å². The Morgan fingerprint density at radius 1 is 1.38 bits per heavy atom. The fourth-order valence-corrected chi connectivity index (χ4v) is 2.47. The Hall–Kier alpha value is -0.250. The standard InChI is InChI=1S/C9H11Cl2O4P/c10-7-6-9(11)15-16(12,13)14-8-4-2-1-3-5-8/h1-5,9H,6-7H2,(H,12,13). The van der Waals surface area contributed by atoms with E-state index in [0.29, 0.717) is 0 Å². The summed E-state index contributed by atoms with van der Waals surface area (Å²) in [4.78, 5) is 9.35. The maximum absolute atomic E-state index is 11.5. The van der Waals surface area contributed by atoms with Crippen molar-refractivity contribution in [3.05, 3.63) is 30.3 Å². The quantitative estimate of drug-likeness (QED) is 0.643. The van der Waals surface area contributed by atoms with E-state index in [2.05, 4.69) is 4.52 Å². The fourth-order valence-electron chi connectivity index (χ4n) is 0.919. The Balaban J connectivity index is 2.55. The number of para-hydroxylation sites is 1. The number of halogens is 2. The first-order valence-corrected chi connectivity index (χ1v) is 6.96. The molecule has 4 nitrogen and oxygen atoms in total. The Morgan fingerprint density at radius 3 is 2.56 bits per heavy atom. The molecule has 0 spiro atoms. The summed E-state index contributed by atoms with van der Waals surface area (Å²) >= 11 is 11.0. The first-order chi connectivity index (χ1) is 7.53. The van der Waals surface area contributed by atoms with E-state index in [1.807, 2.05) is 0 Å². The summed E-state index contributed by atoms with van der Waals surface area (Å²) in [6, 6.07) is 8.18. The van der Waals surface area contributed by atoms with Crippen molar-refractivity contribution < 1.29 is 18.5 Å².